The predicted molar refractivity (Wildman–Crippen MR) is 69.1 cm³/mol. The second-order valence-electron chi connectivity index (χ2n) is 3.67. The fourth-order valence-electron chi connectivity index (χ4n) is 1.39. The summed E-state index contributed by atoms with van der Waals surface area (Å²) in [5, 5.41) is 8.77. The number of methoxy groups -OCH3 is 1. The van der Waals surface area contributed by atoms with Gasteiger partial charge in [0.25, 0.3) is 0 Å². The number of carbonyl (C=O) groups is 1. The quantitative estimate of drug-likeness (QED) is 0.895. The minimum Gasteiger partial charge on any atom is -0.497 e. The number of amides is 1. The van der Waals surface area contributed by atoms with Crippen molar-refractivity contribution in [2.45, 2.75) is 6.42 Å². The molecule has 0 aromatic heterocycles. The summed E-state index contributed by atoms with van der Waals surface area (Å²) in [7, 11) is 3.26. The van der Waals surface area contributed by atoms with Gasteiger partial charge in [-0.05, 0) is 23.8 Å². The maximum atomic E-state index is 11.8. The van der Waals surface area contributed by atoms with Crippen LogP contribution in [-0.2, 0) is 11.2 Å². The van der Waals surface area contributed by atoms with Gasteiger partial charge < -0.3 is 14.7 Å². The zero-order chi connectivity index (χ0) is 12.8. The summed E-state index contributed by atoms with van der Waals surface area (Å²) < 4.78 is 5.99. The summed E-state index contributed by atoms with van der Waals surface area (Å²) in [5.41, 5.74) is 0.874. The van der Waals surface area contributed by atoms with Crippen LogP contribution in [0.1, 0.15) is 5.56 Å². The van der Waals surface area contributed by atoms with E-state index in [-0.39, 0.29) is 18.9 Å². The van der Waals surface area contributed by atoms with Gasteiger partial charge in [0, 0.05) is 18.1 Å². The van der Waals surface area contributed by atoms with Gasteiger partial charge in [0.2, 0.25) is 5.91 Å². The van der Waals surface area contributed by atoms with Crippen molar-refractivity contribution in [1.82, 2.24) is 4.90 Å². The van der Waals surface area contributed by atoms with Crippen LogP contribution < -0.4 is 4.74 Å². The summed E-state index contributed by atoms with van der Waals surface area (Å²) in [5.74, 6) is 0.689. The average molecular weight is 302 g/mol. The number of nitrogens with zero attached hydrogens (tertiary/aromatic N) is 1. The molecule has 0 aliphatic heterocycles. The smallest absolute Gasteiger partial charge is 0.226 e. The standard InChI is InChI=1S/C12H16BrNO3/c1-14(5-6-15)12(16)8-9-7-10(17-2)3-4-11(9)13/h3-4,7,15H,5-6,8H2,1-2H3. The molecule has 1 aromatic carbocycles. The van der Waals surface area contributed by atoms with Crippen molar-refractivity contribution in [2.24, 2.45) is 0 Å². The number of likely N-dealkylation sites (N-methyl/N-ethyl adjacent to an activating group) is 1. The number of benzene rings is 1. The second-order valence-corrected chi connectivity index (χ2v) is 4.53. The molecule has 0 saturated heterocycles. The van der Waals surface area contributed by atoms with E-state index < -0.39 is 0 Å². The molecule has 1 rings (SSSR count). The lowest BCUT2D eigenvalue weighted by Crippen LogP contribution is -2.30. The van der Waals surface area contributed by atoms with Crippen LogP contribution in [0.25, 0.3) is 0 Å². The summed E-state index contributed by atoms with van der Waals surface area (Å²) in [6.45, 7) is 0.321. The first-order valence-corrected chi connectivity index (χ1v) is 6.05. The predicted octanol–water partition coefficient (Wildman–Crippen LogP) is 1.45. The molecular formula is C12H16BrNO3. The highest BCUT2D eigenvalue weighted by molar-refractivity contribution is 9.10. The fourth-order valence-corrected chi connectivity index (χ4v) is 1.77. The fraction of sp³-hybridized carbons (Fsp3) is 0.417. The van der Waals surface area contributed by atoms with Gasteiger partial charge in [-0.15, -0.1) is 0 Å². The lowest BCUT2D eigenvalue weighted by Gasteiger charge is -2.16. The Morgan fingerprint density at radius 1 is 1.53 bits per heavy atom. The van der Waals surface area contributed by atoms with E-state index in [4.69, 9.17) is 9.84 Å². The van der Waals surface area contributed by atoms with E-state index in [0.29, 0.717) is 6.54 Å². The molecule has 1 aromatic rings. The van der Waals surface area contributed by atoms with Crippen molar-refractivity contribution in [3.63, 3.8) is 0 Å². The van der Waals surface area contributed by atoms with Crippen LogP contribution >= 0.6 is 15.9 Å². The van der Waals surface area contributed by atoms with E-state index in [1.54, 1.807) is 14.2 Å². The van der Waals surface area contributed by atoms with Gasteiger partial charge in [-0.3, -0.25) is 4.79 Å². The Bertz CT molecular complexity index is 395. The van der Waals surface area contributed by atoms with E-state index in [9.17, 15) is 4.79 Å². The summed E-state index contributed by atoms with van der Waals surface area (Å²) in [6, 6.07) is 5.51. The molecule has 4 nitrogen and oxygen atoms in total. The molecule has 0 atom stereocenters. The number of aliphatic hydroxyl groups excluding tert-OH is 1. The third-order valence-corrected chi connectivity index (χ3v) is 3.23. The van der Waals surface area contributed by atoms with Gasteiger partial charge in [0.1, 0.15) is 5.75 Å². The molecule has 0 heterocycles. The molecule has 0 radical (unpaired) electrons. The maximum absolute atomic E-state index is 11.8. The highest BCUT2D eigenvalue weighted by Gasteiger charge is 2.11. The number of hydrogen-bond acceptors (Lipinski definition) is 3. The van der Waals surface area contributed by atoms with Gasteiger partial charge in [-0.1, -0.05) is 15.9 Å². The molecule has 0 bridgehead atoms. The zero-order valence-electron chi connectivity index (χ0n) is 9.94. The number of rotatable bonds is 5. The lowest BCUT2D eigenvalue weighted by atomic mass is 10.1. The Balaban J connectivity index is 2.76. The zero-order valence-corrected chi connectivity index (χ0v) is 11.5. The minimum absolute atomic E-state index is 0.0263. The van der Waals surface area contributed by atoms with Crippen LogP contribution in [0.4, 0.5) is 0 Å². The van der Waals surface area contributed by atoms with Crippen molar-refractivity contribution in [3.05, 3.63) is 28.2 Å². The number of aliphatic hydroxyl groups is 1. The Hall–Kier alpha value is -1.07. The van der Waals surface area contributed by atoms with Crippen LogP contribution in [-0.4, -0.2) is 43.2 Å². The van der Waals surface area contributed by atoms with Gasteiger partial charge in [0.05, 0.1) is 20.1 Å². The second kappa shape index (κ2) is 6.61. The molecule has 1 N–H and O–H groups in total. The van der Waals surface area contributed by atoms with Crippen LogP contribution in [0.5, 0.6) is 5.75 Å². The molecule has 0 aliphatic carbocycles. The normalized spacial score (nSPS) is 10.1. The van der Waals surface area contributed by atoms with Crippen molar-refractivity contribution in [3.8, 4) is 5.75 Å². The molecule has 0 unspecified atom stereocenters. The first kappa shape index (κ1) is 14.0. The highest BCUT2D eigenvalue weighted by Crippen LogP contribution is 2.23. The van der Waals surface area contributed by atoms with Gasteiger partial charge in [0.15, 0.2) is 0 Å². The molecule has 0 fully saturated rings. The largest absolute Gasteiger partial charge is 0.497 e. The van der Waals surface area contributed by atoms with Crippen molar-refractivity contribution >= 4 is 21.8 Å². The lowest BCUT2D eigenvalue weighted by molar-refractivity contribution is -0.129. The molecule has 0 spiro atoms. The first-order chi connectivity index (χ1) is 8.08. The van der Waals surface area contributed by atoms with E-state index in [0.717, 1.165) is 15.8 Å². The molecule has 0 aliphatic rings. The van der Waals surface area contributed by atoms with Crippen LogP contribution in [0, 0.1) is 0 Å². The molecule has 94 valence electrons. The molecular weight excluding hydrogens is 286 g/mol. The number of halogens is 1. The van der Waals surface area contributed by atoms with Crippen LogP contribution in [0.2, 0.25) is 0 Å². The average Bonchev–Trinajstić information content (AvgIpc) is 2.32. The van der Waals surface area contributed by atoms with Crippen molar-refractivity contribution < 1.29 is 14.6 Å². The Kier molecular flexibility index (Phi) is 5.44. The van der Waals surface area contributed by atoms with E-state index in [2.05, 4.69) is 15.9 Å². The summed E-state index contributed by atoms with van der Waals surface area (Å²) in [6.07, 6.45) is 0.286. The van der Waals surface area contributed by atoms with Crippen LogP contribution in [0.3, 0.4) is 0 Å². The van der Waals surface area contributed by atoms with E-state index in [1.807, 2.05) is 18.2 Å². The Morgan fingerprint density at radius 3 is 2.82 bits per heavy atom. The Morgan fingerprint density at radius 2 is 2.24 bits per heavy atom. The van der Waals surface area contributed by atoms with Crippen molar-refractivity contribution in [1.29, 1.82) is 0 Å². The topological polar surface area (TPSA) is 49.8 Å². The van der Waals surface area contributed by atoms with Crippen molar-refractivity contribution in [2.75, 3.05) is 27.3 Å². The number of ether oxygens (including phenoxy) is 1. The van der Waals surface area contributed by atoms with E-state index in [1.165, 1.54) is 4.90 Å². The monoisotopic (exact) mass is 301 g/mol. The van der Waals surface area contributed by atoms with E-state index >= 15 is 0 Å². The molecule has 17 heavy (non-hydrogen) atoms. The van der Waals surface area contributed by atoms with Gasteiger partial charge in [-0.2, -0.15) is 0 Å². The minimum atomic E-state index is -0.0343. The third kappa shape index (κ3) is 4.02. The van der Waals surface area contributed by atoms with Gasteiger partial charge in [-0.25, -0.2) is 0 Å². The Labute approximate surface area is 109 Å². The van der Waals surface area contributed by atoms with Crippen LogP contribution in [0.15, 0.2) is 22.7 Å². The molecule has 1 amide bonds. The first-order valence-electron chi connectivity index (χ1n) is 5.25. The SMILES string of the molecule is COc1ccc(Br)c(CC(=O)N(C)CCO)c1. The number of carbonyl (C=O) groups excluding carboxylic acids is 1. The third-order valence-electron chi connectivity index (χ3n) is 2.46. The molecule has 5 heteroatoms. The molecule has 0 saturated carbocycles. The number of hydrogen-bond donors (Lipinski definition) is 1. The summed E-state index contributed by atoms with van der Waals surface area (Å²) >= 11 is 3.40. The summed E-state index contributed by atoms with van der Waals surface area (Å²) in [4.78, 5) is 13.3. The van der Waals surface area contributed by atoms with Gasteiger partial charge >= 0.3 is 0 Å². The maximum Gasteiger partial charge on any atom is 0.226 e. The highest BCUT2D eigenvalue weighted by atomic mass is 79.9.